The summed E-state index contributed by atoms with van der Waals surface area (Å²) in [7, 11) is 0. The number of hydrogen-bond acceptors (Lipinski definition) is 4. The van der Waals surface area contributed by atoms with Gasteiger partial charge < -0.3 is 20.3 Å². The lowest BCUT2D eigenvalue weighted by atomic mass is 9.93. The number of unbranched alkanes of at least 4 members (excludes halogenated alkanes) is 2. The second-order valence-electron chi connectivity index (χ2n) is 9.61. The summed E-state index contributed by atoms with van der Waals surface area (Å²) in [6, 6.07) is 4.25. The molecule has 2 unspecified atom stereocenters. The maximum Gasteiger partial charge on any atom is 0.408 e. The minimum atomic E-state index is -0.841. The quantitative estimate of drug-likeness (QED) is 0.463. The molecular formula is C26H43N3O4. The molecule has 3 amide bonds. The molecule has 1 aromatic carbocycles. The predicted molar refractivity (Wildman–Crippen MR) is 132 cm³/mol. The Morgan fingerprint density at radius 1 is 1.03 bits per heavy atom. The SMILES string of the molecule is CCCCNC(=O)C(c1c(C)cccc1C)N(CCCC)C(=O)C(C)NC(=O)OC(C)(C)C. The van der Waals surface area contributed by atoms with Gasteiger partial charge in [0.2, 0.25) is 11.8 Å². The maximum absolute atomic E-state index is 13.6. The second kappa shape index (κ2) is 13.2. The fraction of sp³-hybridized carbons (Fsp3) is 0.654. The van der Waals surface area contributed by atoms with Crippen molar-refractivity contribution in [2.75, 3.05) is 13.1 Å². The summed E-state index contributed by atoms with van der Waals surface area (Å²) in [5.41, 5.74) is 2.06. The van der Waals surface area contributed by atoms with Gasteiger partial charge in [0.1, 0.15) is 17.7 Å². The van der Waals surface area contributed by atoms with Gasteiger partial charge in [0, 0.05) is 13.1 Å². The Bertz CT molecular complexity index is 781. The van der Waals surface area contributed by atoms with Gasteiger partial charge in [-0.05, 0) is 71.1 Å². The highest BCUT2D eigenvalue weighted by molar-refractivity contribution is 5.92. The van der Waals surface area contributed by atoms with Crippen LogP contribution < -0.4 is 10.6 Å². The van der Waals surface area contributed by atoms with E-state index in [0.29, 0.717) is 13.1 Å². The van der Waals surface area contributed by atoms with Gasteiger partial charge in [0.25, 0.3) is 0 Å². The summed E-state index contributed by atoms with van der Waals surface area (Å²) in [6.07, 6.45) is 2.78. The summed E-state index contributed by atoms with van der Waals surface area (Å²) < 4.78 is 5.32. The van der Waals surface area contributed by atoms with Crippen LogP contribution in [-0.2, 0) is 14.3 Å². The molecule has 7 nitrogen and oxygen atoms in total. The fourth-order valence-corrected chi connectivity index (χ4v) is 3.66. The highest BCUT2D eigenvalue weighted by Gasteiger charge is 2.35. The van der Waals surface area contributed by atoms with Gasteiger partial charge in [0.15, 0.2) is 0 Å². The van der Waals surface area contributed by atoms with E-state index in [-0.39, 0.29) is 11.8 Å². The molecule has 7 heteroatoms. The Morgan fingerprint density at radius 3 is 2.12 bits per heavy atom. The number of rotatable bonds is 11. The third kappa shape index (κ3) is 9.06. The third-order valence-electron chi connectivity index (χ3n) is 5.34. The largest absolute Gasteiger partial charge is 0.444 e. The molecule has 0 fully saturated rings. The van der Waals surface area contributed by atoms with E-state index >= 15 is 0 Å². The Hall–Kier alpha value is -2.57. The van der Waals surface area contributed by atoms with E-state index in [1.54, 1.807) is 32.6 Å². The summed E-state index contributed by atoms with van der Waals surface area (Å²) >= 11 is 0. The lowest BCUT2D eigenvalue weighted by Gasteiger charge is -2.35. The molecule has 2 N–H and O–H groups in total. The molecule has 0 heterocycles. The molecule has 0 radical (unpaired) electrons. The van der Waals surface area contributed by atoms with Crippen LogP contribution in [0.4, 0.5) is 4.79 Å². The Balaban J connectivity index is 3.34. The van der Waals surface area contributed by atoms with Crippen LogP contribution in [0.3, 0.4) is 0 Å². The van der Waals surface area contributed by atoms with Crippen molar-refractivity contribution in [3.63, 3.8) is 0 Å². The first-order valence-corrected chi connectivity index (χ1v) is 12.1. The third-order valence-corrected chi connectivity index (χ3v) is 5.34. The number of amides is 3. The molecule has 0 saturated carbocycles. The summed E-state index contributed by atoms with van der Waals surface area (Å²) in [5, 5.41) is 5.65. The van der Waals surface area contributed by atoms with Gasteiger partial charge in [-0.25, -0.2) is 4.79 Å². The van der Waals surface area contributed by atoms with Crippen molar-refractivity contribution in [3.8, 4) is 0 Å². The van der Waals surface area contributed by atoms with Crippen molar-refractivity contribution in [1.29, 1.82) is 0 Å². The van der Waals surface area contributed by atoms with E-state index in [1.165, 1.54) is 0 Å². The van der Waals surface area contributed by atoms with Gasteiger partial charge in [-0.1, -0.05) is 44.9 Å². The predicted octanol–water partition coefficient (Wildman–Crippen LogP) is 4.80. The van der Waals surface area contributed by atoms with Gasteiger partial charge in [0.05, 0.1) is 0 Å². The second-order valence-corrected chi connectivity index (χ2v) is 9.61. The number of carbonyl (C=O) groups excluding carboxylic acids is 3. The van der Waals surface area contributed by atoms with E-state index in [1.807, 2.05) is 39.0 Å². The minimum absolute atomic E-state index is 0.199. The first-order chi connectivity index (χ1) is 15.4. The first-order valence-electron chi connectivity index (χ1n) is 12.1. The average Bonchev–Trinajstić information content (AvgIpc) is 2.70. The van der Waals surface area contributed by atoms with E-state index in [4.69, 9.17) is 4.74 Å². The topological polar surface area (TPSA) is 87.7 Å². The summed E-state index contributed by atoms with van der Waals surface area (Å²) in [5.74, 6) is -0.512. The number of benzene rings is 1. The number of nitrogens with one attached hydrogen (secondary N) is 2. The van der Waals surface area contributed by atoms with E-state index < -0.39 is 23.8 Å². The molecule has 0 saturated heterocycles. The molecular weight excluding hydrogens is 418 g/mol. The van der Waals surface area contributed by atoms with Crippen LogP contribution in [0.2, 0.25) is 0 Å². The molecule has 0 aromatic heterocycles. The fourth-order valence-electron chi connectivity index (χ4n) is 3.66. The molecule has 186 valence electrons. The molecule has 2 atom stereocenters. The molecule has 1 aromatic rings. The first kappa shape index (κ1) is 28.5. The number of nitrogens with zero attached hydrogens (tertiary/aromatic N) is 1. The van der Waals surface area contributed by atoms with Crippen molar-refractivity contribution in [1.82, 2.24) is 15.5 Å². The molecule has 0 spiro atoms. The maximum atomic E-state index is 13.6. The Morgan fingerprint density at radius 2 is 1.61 bits per heavy atom. The molecule has 33 heavy (non-hydrogen) atoms. The van der Waals surface area contributed by atoms with E-state index in [9.17, 15) is 14.4 Å². The van der Waals surface area contributed by atoms with Gasteiger partial charge in [-0.15, -0.1) is 0 Å². The van der Waals surface area contributed by atoms with Crippen LogP contribution in [0.1, 0.15) is 90.0 Å². The van der Waals surface area contributed by atoms with Crippen LogP contribution in [0, 0.1) is 13.8 Å². The highest BCUT2D eigenvalue weighted by atomic mass is 16.6. The van der Waals surface area contributed by atoms with E-state index in [2.05, 4.69) is 17.6 Å². The number of ether oxygens (including phenoxy) is 1. The van der Waals surface area contributed by atoms with Crippen molar-refractivity contribution >= 4 is 17.9 Å². The van der Waals surface area contributed by atoms with Crippen LogP contribution in [0.15, 0.2) is 18.2 Å². The van der Waals surface area contributed by atoms with Gasteiger partial charge in [-0.2, -0.15) is 0 Å². The van der Waals surface area contributed by atoms with Crippen LogP contribution >= 0.6 is 0 Å². The molecule has 0 aliphatic heterocycles. The number of carbonyl (C=O) groups is 3. The number of hydrogen-bond donors (Lipinski definition) is 2. The number of alkyl carbamates (subject to hydrolysis) is 1. The molecule has 0 aliphatic rings. The smallest absolute Gasteiger partial charge is 0.408 e. The molecule has 1 rings (SSSR count). The normalized spacial score (nSPS) is 13.1. The Labute approximate surface area is 199 Å². The van der Waals surface area contributed by atoms with Gasteiger partial charge in [-0.3, -0.25) is 9.59 Å². The monoisotopic (exact) mass is 461 g/mol. The van der Waals surface area contributed by atoms with Crippen LogP contribution in [-0.4, -0.2) is 47.5 Å². The molecule has 0 aliphatic carbocycles. The lowest BCUT2D eigenvalue weighted by Crippen LogP contribution is -2.52. The standard InChI is InChI=1S/C26H43N3O4/c1-9-11-16-27-23(30)22(21-18(3)14-13-15-19(21)4)29(17-12-10-2)24(31)20(5)28-25(32)33-26(6,7)8/h13-15,20,22H,9-12,16-17H2,1-8H3,(H,27,30)(H,28,32). The number of aryl methyl sites for hydroxylation is 2. The summed E-state index contributed by atoms with van der Waals surface area (Å²) in [6.45, 7) is 15.9. The van der Waals surface area contributed by atoms with Crippen LogP contribution in [0.25, 0.3) is 0 Å². The molecule has 0 bridgehead atoms. The highest BCUT2D eigenvalue weighted by Crippen LogP contribution is 2.29. The van der Waals surface area contributed by atoms with Crippen LogP contribution in [0.5, 0.6) is 0 Å². The van der Waals surface area contributed by atoms with E-state index in [0.717, 1.165) is 42.4 Å². The van der Waals surface area contributed by atoms with Crippen molar-refractivity contribution in [2.45, 2.75) is 98.8 Å². The zero-order valence-electron chi connectivity index (χ0n) is 21.7. The van der Waals surface area contributed by atoms with Crippen molar-refractivity contribution in [2.24, 2.45) is 0 Å². The zero-order valence-corrected chi connectivity index (χ0v) is 21.7. The minimum Gasteiger partial charge on any atom is -0.444 e. The Kier molecular flexibility index (Phi) is 11.4. The summed E-state index contributed by atoms with van der Waals surface area (Å²) in [4.78, 5) is 40.9. The zero-order chi connectivity index (χ0) is 25.2. The average molecular weight is 462 g/mol. The van der Waals surface area contributed by atoms with Crippen molar-refractivity contribution < 1.29 is 19.1 Å². The lowest BCUT2D eigenvalue weighted by molar-refractivity contribution is -0.142. The van der Waals surface area contributed by atoms with Crippen molar-refractivity contribution in [3.05, 3.63) is 34.9 Å². The van der Waals surface area contributed by atoms with Gasteiger partial charge >= 0.3 is 6.09 Å².